The maximum absolute atomic E-state index is 12.9. The van der Waals surface area contributed by atoms with Crippen molar-refractivity contribution in [2.45, 2.75) is 6.61 Å². The summed E-state index contributed by atoms with van der Waals surface area (Å²) in [5.41, 5.74) is 1.49. The standard InChI is InChI=1S/C25H18N2O5/c28-24(26-20-12-11-18-5-1-2-6-19(18)15-20)22-7-3-4-8-23(22)25(29)32-16-17-9-13-21(14-10-17)27(30)31/h1-15H,16H2,(H,26,28). The van der Waals surface area contributed by atoms with Crippen LogP contribution in [0.25, 0.3) is 10.8 Å². The Morgan fingerprint density at radius 2 is 1.47 bits per heavy atom. The van der Waals surface area contributed by atoms with Crippen LogP contribution >= 0.6 is 0 Å². The monoisotopic (exact) mass is 426 g/mol. The average Bonchev–Trinajstić information content (AvgIpc) is 2.82. The van der Waals surface area contributed by atoms with Gasteiger partial charge in [-0.2, -0.15) is 0 Å². The van der Waals surface area contributed by atoms with Gasteiger partial charge in [-0.1, -0.05) is 42.5 Å². The summed E-state index contributed by atoms with van der Waals surface area (Å²) < 4.78 is 5.32. The van der Waals surface area contributed by atoms with E-state index in [-0.39, 0.29) is 23.4 Å². The molecule has 1 amide bonds. The Hall–Kier alpha value is -4.52. The quantitative estimate of drug-likeness (QED) is 0.254. The van der Waals surface area contributed by atoms with E-state index in [9.17, 15) is 19.7 Å². The molecular weight excluding hydrogens is 408 g/mol. The Balaban J connectivity index is 1.47. The molecule has 0 saturated carbocycles. The number of nitrogens with zero attached hydrogens (tertiary/aromatic N) is 1. The van der Waals surface area contributed by atoms with Crippen LogP contribution in [0.2, 0.25) is 0 Å². The van der Waals surface area contributed by atoms with Crippen LogP contribution in [0.15, 0.2) is 91.0 Å². The van der Waals surface area contributed by atoms with Crippen LogP contribution in [0, 0.1) is 10.1 Å². The van der Waals surface area contributed by atoms with E-state index in [1.807, 2.05) is 36.4 Å². The third-order valence-electron chi connectivity index (χ3n) is 4.92. The molecule has 7 heteroatoms. The number of carbonyl (C=O) groups is 2. The molecule has 0 aliphatic rings. The van der Waals surface area contributed by atoms with Gasteiger partial charge in [0.05, 0.1) is 16.1 Å². The Morgan fingerprint density at radius 3 is 2.19 bits per heavy atom. The number of amides is 1. The molecule has 0 aliphatic heterocycles. The van der Waals surface area contributed by atoms with Gasteiger partial charge < -0.3 is 10.1 Å². The second-order valence-corrected chi connectivity index (χ2v) is 7.06. The number of hydrogen-bond acceptors (Lipinski definition) is 5. The molecule has 0 atom stereocenters. The molecule has 32 heavy (non-hydrogen) atoms. The maximum atomic E-state index is 12.9. The van der Waals surface area contributed by atoms with Crippen molar-refractivity contribution >= 4 is 34.0 Å². The van der Waals surface area contributed by atoms with Gasteiger partial charge in [0.1, 0.15) is 6.61 Å². The second kappa shape index (κ2) is 9.09. The van der Waals surface area contributed by atoms with Crippen LogP contribution < -0.4 is 5.32 Å². The first-order valence-electron chi connectivity index (χ1n) is 9.81. The maximum Gasteiger partial charge on any atom is 0.339 e. The van der Waals surface area contributed by atoms with Crippen molar-refractivity contribution in [1.82, 2.24) is 0 Å². The van der Waals surface area contributed by atoms with Gasteiger partial charge in [0.2, 0.25) is 0 Å². The van der Waals surface area contributed by atoms with Crippen LogP contribution in [0.3, 0.4) is 0 Å². The van der Waals surface area contributed by atoms with E-state index in [4.69, 9.17) is 4.74 Å². The number of anilines is 1. The second-order valence-electron chi connectivity index (χ2n) is 7.06. The zero-order valence-electron chi connectivity index (χ0n) is 16.9. The van der Waals surface area contributed by atoms with Crippen molar-refractivity contribution in [2.24, 2.45) is 0 Å². The smallest absolute Gasteiger partial charge is 0.339 e. The Morgan fingerprint density at radius 1 is 0.812 bits per heavy atom. The number of esters is 1. The summed E-state index contributed by atoms with van der Waals surface area (Å²) in [6, 6.07) is 25.5. The fourth-order valence-corrected chi connectivity index (χ4v) is 3.27. The number of ether oxygens (including phenoxy) is 1. The van der Waals surface area contributed by atoms with Crippen molar-refractivity contribution in [3.63, 3.8) is 0 Å². The molecule has 0 fully saturated rings. The van der Waals surface area contributed by atoms with E-state index in [0.29, 0.717) is 11.3 Å². The zero-order valence-corrected chi connectivity index (χ0v) is 16.9. The lowest BCUT2D eigenvalue weighted by Gasteiger charge is -2.11. The van der Waals surface area contributed by atoms with Gasteiger partial charge >= 0.3 is 5.97 Å². The summed E-state index contributed by atoms with van der Waals surface area (Å²) in [4.78, 5) is 35.7. The topological polar surface area (TPSA) is 98.5 Å². The summed E-state index contributed by atoms with van der Waals surface area (Å²) >= 11 is 0. The van der Waals surface area contributed by atoms with Gasteiger partial charge in [-0.3, -0.25) is 14.9 Å². The van der Waals surface area contributed by atoms with E-state index in [2.05, 4.69) is 5.32 Å². The van der Waals surface area contributed by atoms with Gasteiger partial charge in [-0.05, 0) is 52.7 Å². The molecule has 0 heterocycles. The molecule has 4 rings (SSSR count). The molecule has 0 radical (unpaired) electrons. The molecule has 1 N–H and O–H groups in total. The first-order chi connectivity index (χ1) is 15.5. The first kappa shape index (κ1) is 20.7. The van der Waals surface area contributed by atoms with Crippen molar-refractivity contribution in [3.8, 4) is 0 Å². The summed E-state index contributed by atoms with van der Waals surface area (Å²) in [5, 5.41) is 15.6. The molecule has 0 bridgehead atoms. The summed E-state index contributed by atoms with van der Waals surface area (Å²) in [7, 11) is 0. The van der Waals surface area contributed by atoms with E-state index in [1.54, 1.807) is 24.3 Å². The molecule has 4 aromatic carbocycles. The number of benzene rings is 4. The van der Waals surface area contributed by atoms with Gasteiger partial charge in [0, 0.05) is 17.8 Å². The van der Waals surface area contributed by atoms with E-state index in [1.165, 1.54) is 30.3 Å². The molecular formula is C25H18N2O5. The molecule has 4 aromatic rings. The highest BCUT2D eigenvalue weighted by atomic mass is 16.6. The number of fused-ring (bicyclic) bond motifs is 1. The van der Waals surface area contributed by atoms with E-state index < -0.39 is 16.8 Å². The third-order valence-corrected chi connectivity index (χ3v) is 4.92. The summed E-state index contributed by atoms with van der Waals surface area (Å²) in [6.07, 6.45) is 0. The number of nitro groups is 1. The SMILES string of the molecule is O=C(Nc1ccc2ccccc2c1)c1ccccc1C(=O)OCc1ccc([N+](=O)[O-])cc1. The Kier molecular flexibility index (Phi) is 5.89. The average molecular weight is 426 g/mol. The molecule has 0 aromatic heterocycles. The normalized spacial score (nSPS) is 10.5. The van der Waals surface area contributed by atoms with Gasteiger partial charge in [-0.15, -0.1) is 0 Å². The number of carbonyl (C=O) groups excluding carboxylic acids is 2. The number of nitrogens with one attached hydrogen (secondary N) is 1. The molecule has 0 aliphatic carbocycles. The minimum absolute atomic E-state index is 0.0456. The highest BCUT2D eigenvalue weighted by Gasteiger charge is 2.18. The van der Waals surface area contributed by atoms with Crippen LogP contribution in [-0.2, 0) is 11.3 Å². The van der Waals surface area contributed by atoms with Crippen LogP contribution in [0.5, 0.6) is 0 Å². The summed E-state index contributed by atoms with van der Waals surface area (Å²) in [5.74, 6) is -1.09. The van der Waals surface area contributed by atoms with Crippen LogP contribution in [0.4, 0.5) is 11.4 Å². The lowest BCUT2D eigenvalue weighted by Crippen LogP contribution is -2.17. The zero-order chi connectivity index (χ0) is 22.5. The minimum atomic E-state index is -0.660. The minimum Gasteiger partial charge on any atom is -0.457 e. The fraction of sp³-hybridized carbons (Fsp3) is 0.0400. The van der Waals surface area contributed by atoms with Gasteiger partial charge in [0.15, 0.2) is 0 Å². The lowest BCUT2D eigenvalue weighted by atomic mass is 10.1. The fourth-order valence-electron chi connectivity index (χ4n) is 3.27. The van der Waals surface area contributed by atoms with Crippen molar-refractivity contribution in [3.05, 3.63) is 118 Å². The summed E-state index contributed by atoms with van der Waals surface area (Å²) in [6.45, 7) is -0.0720. The number of non-ortho nitro benzene ring substituents is 1. The number of nitro benzene ring substituents is 1. The number of hydrogen-bond donors (Lipinski definition) is 1. The largest absolute Gasteiger partial charge is 0.457 e. The van der Waals surface area contributed by atoms with E-state index >= 15 is 0 Å². The van der Waals surface area contributed by atoms with Gasteiger partial charge in [-0.25, -0.2) is 4.79 Å². The van der Waals surface area contributed by atoms with Crippen LogP contribution in [-0.4, -0.2) is 16.8 Å². The molecule has 158 valence electrons. The predicted molar refractivity (Wildman–Crippen MR) is 121 cm³/mol. The molecule has 0 spiro atoms. The first-order valence-corrected chi connectivity index (χ1v) is 9.81. The van der Waals surface area contributed by atoms with Gasteiger partial charge in [0.25, 0.3) is 11.6 Å². The highest BCUT2D eigenvalue weighted by molar-refractivity contribution is 6.11. The van der Waals surface area contributed by atoms with Crippen molar-refractivity contribution in [1.29, 1.82) is 0 Å². The molecule has 7 nitrogen and oxygen atoms in total. The Bertz CT molecular complexity index is 1320. The highest BCUT2D eigenvalue weighted by Crippen LogP contribution is 2.21. The third kappa shape index (κ3) is 4.62. The lowest BCUT2D eigenvalue weighted by molar-refractivity contribution is -0.384. The van der Waals surface area contributed by atoms with Crippen molar-refractivity contribution in [2.75, 3.05) is 5.32 Å². The van der Waals surface area contributed by atoms with Crippen molar-refractivity contribution < 1.29 is 19.2 Å². The molecule has 0 unspecified atom stereocenters. The predicted octanol–water partition coefficient (Wildman–Crippen LogP) is 5.36. The van der Waals surface area contributed by atoms with E-state index in [0.717, 1.165) is 10.8 Å². The van der Waals surface area contributed by atoms with Crippen LogP contribution in [0.1, 0.15) is 26.3 Å². The Labute approximate surface area is 183 Å². The number of rotatable bonds is 6. The molecule has 0 saturated heterocycles.